The van der Waals surface area contributed by atoms with Crippen LogP contribution in [0.2, 0.25) is 5.02 Å². The fraction of sp³-hybridized carbons (Fsp3) is 0.333. The summed E-state index contributed by atoms with van der Waals surface area (Å²) in [6.07, 6.45) is 3.20. The van der Waals surface area contributed by atoms with Gasteiger partial charge in [-0.05, 0) is 25.6 Å². The van der Waals surface area contributed by atoms with Crippen LogP contribution >= 0.6 is 11.6 Å². The second kappa shape index (κ2) is 6.58. The molecule has 126 valence electrons. The quantitative estimate of drug-likeness (QED) is 0.610. The van der Waals surface area contributed by atoms with Crippen molar-refractivity contribution in [3.05, 3.63) is 51.8 Å². The van der Waals surface area contributed by atoms with Gasteiger partial charge in [-0.3, -0.25) is 24.5 Å². The summed E-state index contributed by atoms with van der Waals surface area (Å²) in [4.78, 5) is 26.4. The molecule has 1 aliphatic heterocycles. The number of halogens is 1. The molecule has 1 fully saturated rings. The van der Waals surface area contributed by atoms with Crippen LogP contribution in [0.25, 0.3) is 0 Å². The Morgan fingerprint density at radius 3 is 2.88 bits per heavy atom. The van der Waals surface area contributed by atoms with Crippen LogP contribution in [-0.2, 0) is 11.5 Å². The first-order valence-corrected chi connectivity index (χ1v) is 7.78. The molecule has 0 bridgehead atoms. The van der Waals surface area contributed by atoms with E-state index in [9.17, 15) is 14.9 Å². The third-order valence-electron chi connectivity index (χ3n) is 4.05. The third kappa shape index (κ3) is 3.10. The maximum atomic E-state index is 12.7. The van der Waals surface area contributed by atoms with E-state index >= 15 is 0 Å². The molecule has 0 N–H and O–H groups in total. The molecule has 3 rings (SSSR count). The van der Waals surface area contributed by atoms with Gasteiger partial charge in [0.05, 0.1) is 28.3 Å². The van der Waals surface area contributed by atoms with E-state index in [1.54, 1.807) is 18.0 Å². The zero-order chi connectivity index (χ0) is 17.3. The zero-order valence-electron chi connectivity index (χ0n) is 13.0. The van der Waals surface area contributed by atoms with Crippen molar-refractivity contribution in [2.75, 3.05) is 18.5 Å². The topological polar surface area (TPSA) is 84.5 Å². The number of aromatic nitrogens is 2. The smallest absolute Gasteiger partial charge is 0.307 e. The monoisotopic (exact) mass is 349 g/mol. The highest BCUT2D eigenvalue weighted by atomic mass is 35.5. The van der Waals surface area contributed by atoms with Gasteiger partial charge in [0.2, 0.25) is 5.91 Å². The molecule has 24 heavy (non-hydrogen) atoms. The molecule has 0 aliphatic carbocycles. The molecule has 8 nitrogen and oxygen atoms in total. The van der Waals surface area contributed by atoms with Gasteiger partial charge in [0.1, 0.15) is 12.4 Å². The Morgan fingerprint density at radius 1 is 1.46 bits per heavy atom. The maximum Gasteiger partial charge on any atom is 0.307 e. The number of carbonyl (C=O) groups is 1. The third-order valence-corrected chi connectivity index (χ3v) is 4.37. The van der Waals surface area contributed by atoms with Gasteiger partial charge in [0, 0.05) is 6.54 Å². The molecular weight excluding hydrogens is 334 g/mol. The molecular formula is C15H16ClN5O3. The van der Waals surface area contributed by atoms with E-state index in [0.29, 0.717) is 30.3 Å². The minimum absolute atomic E-state index is 0.0349. The van der Waals surface area contributed by atoms with Crippen LogP contribution in [-0.4, -0.2) is 45.1 Å². The van der Waals surface area contributed by atoms with E-state index in [1.165, 1.54) is 17.1 Å². The van der Waals surface area contributed by atoms with Crippen LogP contribution in [0.3, 0.4) is 0 Å². The second-order valence-electron chi connectivity index (χ2n) is 5.64. The van der Waals surface area contributed by atoms with Crippen molar-refractivity contribution in [1.29, 1.82) is 0 Å². The minimum Gasteiger partial charge on any atom is -0.310 e. The van der Waals surface area contributed by atoms with E-state index in [0.717, 1.165) is 0 Å². The molecule has 0 spiro atoms. The van der Waals surface area contributed by atoms with Crippen molar-refractivity contribution >= 4 is 28.9 Å². The number of nitro groups is 1. The molecule has 1 aromatic carbocycles. The standard InChI is InChI=1S/C15H16ClN5O3/c1-18(10-19-9-11(8-17-19)21(23)24)14-6-7-20(15(14)22)13-5-3-2-4-12(13)16/h2-5,8-9,14H,6-7,10H2,1H3/t14-/m0/s1. The van der Waals surface area contributed by atoms with Crippen molar-refractivity contribution < 1.29 is 9.72 Å². The van der Waals surface area contributed by atoms with Gasteiger partial charge in [-0.25, -0.2) is 0 Å². The Balaban J connectivity index is 1.70. The molecule has 1 amide bonds. The number of nitrogens with zero attached hydrogens (tertiary/aromatic N) is 5. The van der Waals surface area contributed by atoms with Crippen molar-refractivity contribution in [2.24, 2.45) is 0 Å². The summed E-state index contributed by atoms with van der Waals surface area (Å²) in [5.74, 6) is -0.0349. The van der Waals surface area contributed by atoms with Gasteiger partial charge in [-0.15, -0.1) is 0 Å². The summed E-state index contributed by atoms with van der Waals surface area (Å²) < 4.78 is 1.45. The number of anilines is 1. The van der Waals surface area contributed by atoms with Crippen LogP contribution in [0.1, 0.15) is 6.42 Å². The van der Waals surface area contributed by atoms with E-state index in [2.05, 4.69) is 5.10 Å². The van der Waals surface area contributed by atoms with Gasteiger partial charge in [0.25, 0.3) is 0 Å². The summed E-state index contributed by atoms with van der Waals surface area (Å²) in [5.41, 5.74) is 0.633. The van der Waals surface area contributed by atoms with E-state index < -0.39 is 4.92 Å². The van der Waals surface area contributed by atoms with Gasteiger partial charge in [0.15, 0.2) is 0 Å². The largest absolute Gasteiger partial charge is 0.310 e. The van der Waals surface area contributed by atoms with Crippen LogP contribution in [0.4, 0.5) is 11.4 Å². The predicted octanol–water partition coefficient (Wildman–Crippen LogP) is 2.14. The Hall–Kier alpha value is -2.45. The van der Waals surface area contributed by atoms with Crippen LogP contribution < -0.4 is 4.90 Å². The molecule has 1 aliphatic rings. The second-order valence-corrected chi connectivity index (χ2v) is 6.05. The summed E-state index contributed by atoms with van der Waals surface area (Å²) in [7, 11) is 1.80. The minimum atomic E-state index is -0.497. The Bertz CT molecular complexity index is 778. The van der Waals surface area contributed by atoms with Gasteiger partial charge in [-0.1, -0.05) is 23.7 Å². The number of hydrogen-bond donors (Lipinski definition) is 0. The first-order valence-electron chi connectivity index (χ1n) is 7.40. The first kappa shape index (κ1) is 16.4. The first-order chi connectivity index (χ1) is 11.5. The highest BCUT2D eigenvalue weighted by Crippen LogP contribution is 2.30. The number of benzene rings is 1. The van der Waals surface area contributed by atoms with Crippen LogP contribution in [0.15, 0.2) is 36.7 Å². The average molecular weight is 350 g/mol. The number of hydrogen-bond acceptors (Lipinski definition) is 5. The normalized spacial score (nSPS) is 17.7. The van der Waals surface area contributed by atoms with E-state index in [4.69, 9.17) is 11.6 Å². The molecule has 0 saturated carbocycles. The van der Waals surface area contributed by atoms with E-state index in [1.807, 2.05) is 23.1 Å². The number of para-hydroxylation sites is 1. The molecule has 1 atom stereocenters. The molecule has 1 saturated heterocycles. The molecule has 0 radical (unpaired) electrons. The molecule has 0 unspecified atom stereocenters. The van der Waals surface area contributed by atoms with Gasteiger partial charge in [-0.2, -0.15) is 5.10 Å². The summed E-state index contributed by atoms with van der Waals surface area (Å²) in [5, 5.41) is 15.2. The van der Waals surface area contributed by atoms with Crippen molar-refractivity contribution in [2.45, 2.75) is 19.1 Å². The molecule has 2 aromatic rings. The van der Waals surface area contributed by atoms with E-state index in [-0.39, 0.29) is 17.6 Å². The summed E-state index contributed by atoms with van der Waals surface area (Å²) in [6.45, 7) is 0.872. The highest BCUT2D eigenvalue weighted by molar-refractivity contribution is 6.33. The number of rotatable bonds is 5. The summed E-state index contributed by atoms with van der Waals surface area (Å²) >= 11 is 6.17. The average Bonchev–Trinajstić information content (AvgIpc) is 3.15. The predicted molar refractivity (Wildman–Crippen MR) is 88.9 cm³/mol. The zero-order valence-corrected chi connectivity index (χ0v) is 13.8. The van der Waals surface area contributed by atoms with Crippen LogP contribution in [0.5, 0.6) is 0 Å². The van der Waals surface area contributed by atoms with Crippen molar-refractivity contribution in [3.63, 3.8) is 0 Å². The Labute approximate surface area is 143 Å². The number of carbonyl (C=O) groups excluding carboxylic acids is 1. The molecule has 1 aromatic heterocycles. The SMILES string of the molecule is CN(Cn1cc([N+](=O)[O-])cn1)[C@H]1CCN(c2ccccc2Cl)C1=O. The number of likely N-dealkylation sites (N-methyl/N-ethyl adjacent to an activating group) is 1. The Kier molecular flexibility index (Phi) is 4.50. The van der Waals surface area contributed by atoms with Crippen LogP contribution in [0, 0.1) is 10.1 Å². The fourth-order valence-electron chi connectivity index (χ4n) is 2.84. The lowest BCUT2D eigenvalue weighted by Gasteiger charge is -2.23. The van der Waals surface area contributed by atoms with Gasteiger partial charge >= 0.3 is 5.69 Å². The fourth-order valence-corrected chi connectivity index (χ4v) is 3.07. The lowest BCUT2D eigenvalue weighted by molar-refractivity contribution is -0.385. The van der Waals surface area contributed by atoms with Gasteiger partial charge < -0.3 is 4.90 Å². The van der Waals surface area contributed by atoms with Crippen molar-refractivity contribution in [3.8, 4) is 0 Å². The highest BCUT2D eigenvalue weighted by Gasteiger charge is 2.36. The Morgan fingerprint density at radius 2 is 2.21 bits per heavy atom. The van der Waals surface area contributed by atoms with Crippen molar-refractivity contribution in [1.82, 2.24) is 14.7 Å². The lowest BCUT2D eigenvalue weighted by atomic mass is 10.2. The number of amides is 1. The summed E-state index contributed by atoms with van der Waals surface area (Å²) in [6, 6.07) is 6.92. The molecule has 9 heteroatoms. The lowest BCUT2D eigenvalue weighted by Crippen LogP contribution is -2.40. The molecule has 2 heterocycles. The maximum absolute atomic E-state index is 12.7.